The zero-order valence-corrected chi connectivity index (χ0v) is 24.0. The second-order valence-corrected chi connectivity index (χ2v) is 12.1. The molecule has 7 rings (SSSR count). The topological polar surface area (TPSA) is 144 Å². The summed E-state index contributed by atoms with van der Waals surface area (Å²) in [5.74, 6) is 0.245. The van der Waals surface area contributed by atoms with Crippen molar-refractivity contribution < 1.29 is 13.5 Å². The van der Waals surface area contributed by atoms with Gasteiger partial charge in [0.25, 0.3) is 5.56 Å². The summed E-state index contributed by atoms with van der Waals surface area (Å²) in [4.78, 5) is 33.5. The number of phenols is 1. The molecule has 0 atom stereocenters. The number of para-hydroxylation sites is 1. The van der Waals surface area contributed by atoms with Crippen LogP contribution in [-0.2, 0) is 16.9 Å². The van der Waals surface area contributed by atoms with Crippen molar-refractivity contribution in [2.24, 2.45) is 7.05 Å². The number of hydrogen-bond acceptors (Lipinski definition) is 7. The first-order chi connectivity index (χ1) is 21.2. The molecule has 0 aliphatic carbocycles. The van der Waals surface area contributed by atoms with Crippen LogP contribution < -0.4 is 16.6 Å². The second kappa shape index (κ2) is 10.1. The quantitative estimate of drug-likeness (QED) is 0.251. The summed E-state index contributed by atoms with van der Waals surface area (Å²) < 4.78 is 32.9. The Morgan fingerprint density at radius 3 is 2.34 bits per heavy atom. The number of benzene rings is 4. The lowest BCUT2D eigenvalue weighted by Gasteiger charge is -2.14. The predicted molar refractivity (Wildman–Crippen MR) is 167 cm³/mol. The Hall–Kier alpha value is -5.88. The Labute approximate surface area is 249 Å². The molecule has 0 spiro atoms. The third kappa shape index (κ3) is 4.36. The number of pyridine rings is 1. The number of imidazole rings is 1. The van der Waals surface area contributed by atoms with Crippen LogP contribution in [0.25, 0.3) is 33.3 Å². The lowest BCUT2D eigenvalue weighted by molar-refractivity contribution is 0.473. The van der Waals surface area contributed by atoms with Crippen LogP contribution in [0, 0.1) is 0 Å². The highest BCUT2D eigenvalue weighted by atomic mass is 32.2. The fourth-order valence-corrected chi connectivity index (χ4v) is 6.86. The third-order valence-electron chi connectivity index (χ3n) is 7.40. The van der Waals surface area contributed by atoms with Crippen molar-refractivity contribution in [2.75, 3.05) is 5.32 Å². The molecular weight excluding hydrogens is 580 g/mol. The molecule has 3 N–H and O–H groups in total. The fraction of sp³-hybridized carbons (Fsp3) is 0.0312. The second-order valence-electron chi connectivity index (χ2n) is 10.2. The first-order valence-corrected chi connectivity index (χ1v) is 15.0. The van der Waals surface area contributed by atoms with Gasteiger partial charge in [-0.2, -0.15) is 0 Å². The highest BCUT2D eigenvalue weighted by molar-refractivity contribution is 7.91. The average Bonchev–Trinajstić information content (AvgIpc) is 3.49. The van der Waals surface area contributed by atoms with E-state index >= 15 is 0 Å². The van der Waals surface area contributed by atoms with E-state index in [4.69, 9.17) is 0 Å². The SMILES string of the molecule is Cn1c(=O)[nH]c2ccc(-n3c(=O)c4c(S(=O)(=O)c5cccc(O)c5)cc(Nc5ccccn5)cc4n3-c3ccccc3)cc21. The monoisotopic (exact) mass is 604 g/mol. The molecule has 0 amide bonds. The minimum absolute atomic E-state index is 0.0492. The molecule has 0 saturated carbocycles. The van der Waals surface area contributed by atoms with Gasteiger partial charge in [0.2, 0.25) is 9.84 Å². The molecule has 0 fully saturated rings. The number of hydrogen-bond donors (Lipinski definition) is 3. The van der Waals surface area contributed by atoms with Gasteiger partial charge in [0.15, 0.2) is 0 Å². The lowest BCUT2D eigenvalue weighted by atomic mass is 10.2. The van der Waals surface area contributed by atoms with Crippen molar-refractivity contribution in [3.8, 4) is 17.1 Å². The predicted octanol–water partition coefficient (Wildman–Crippen LogP) is 4.64. The molecule has 3 aromatic heterocycles. The zero-order valence-electron chi connectivity index (χ0n) is 23.2. The van der Waals surface area contributed by atoms with E-state index in [1.807, 2.05) is 30.3 Å². The largest absolute Gasteiger partial charge is 0.508 e. The third-order valence-corrected chi connectivity index (χ3v) is 9.18. The number of aromatic hydroxyl groups is 1. The van der Waals surface area contributed by atoms with Gasteiger partial charge in [-0.1, -0.05) is 30.3 Å². The molecular formula is C32H24N6O5S. The van der Waals surface area contributed by atoms with Gasteiger partial charge in [0.05, 0.1) is 43.1 Å². The molecule has 44 heavy (non-hydrogen) atoms. The fourth-order valence-electron chi connectivity index (χ4n) is 5.33. The normalized spacial score (nSPS) is 11.8. The molecule has 4 aromatic carbocycles. The number of aromatic nitrogens is 5. The van der Waals surface area contributed by atoms with E-state index in [2.05, 4.69) is 15.3 Å². The van der Waals surface area contributed by atoms with E-state index in [0.717, 1.165) is 6.07 Å². The van der Waals surface area contributed by atoms with Crippen molar-refractivity contribution in [3.05, 3.63) is 130 Å². The van der Waals surface area contributed by atoms with E-state index in [0.29, 0.717) is 39.4 Å². The summed E-state index contributed by atoms with van der Waals surface area (Å²) >= 11 is 0. The summed E-state index contributed by atoms with van der Waals surface area (Å²) in [6, 6.07) is 27.9. The highest BCUT2D eigenvalue weighted by Crippen LogP contribution is 2.34. The van der Waals surface area contributed by atoms with Crippen LogP contribution in [0.3, 0.4) is 0 Å². The van der Waals surface area contributed by atoms with Gasteiger partial charge in [0.1, 0.15) is 11.6 Å². The minimum atomic E-state index is -4.33. The molecule has 0 radical (unpaired) electrons. The number of phenolic OH excluding ortho intramolecular Hbond substituents is 1. The summed E-state index contributed by atoms with van der Waals surface area (Å²) in [5, 5.41) is 13.2. The minimum Gasteiger partial charge on any atom is -0.508 e. The molecule has 11 nitrogen and oxygen atoms in total. The number of nitrogens with zero attached hydrogens (tertiary/aromatic N) is 4. The van der Waals surface area contributed by atoms with Crippen LogP contribution >= 0.6 is 0 Å². The summed E-state index contributed by atoms with van der Waals surface area (Å²) in [6.07, 6.45) is 1.60. The van der Waals surface area contributed by atoms with Crippen LogP contribution in [0.2, 0.25) is 0 Å². The maximum absolute atomic E-state index is 14.5. The maximum Gasteiger partial charge on any atom is 0.326 e. The number of nitrogens with one attached hydrogen (secondary N) is 2. The van der Waals surface area contributed by atoms with Crippen LogP contribution in [0.4, 0.5) is 11.5 Å². The number of sulfone groups is 1. The zero-order chi connectivity index (χ0) is 30.6. The van der Waals surface area contributed by atoms with E-state index < -0.39 is 15.4 Å². The van der Waals surface area contributed by atoms with Crippen LogP contribution in [-0.4, -0.2) is 37.4 Å². The van der Waals surface area contributed by atoms with E-state index in [1.54, 1.807) is 60.4 Å². The van der Waals surface area contributed by atoms with Gasteiger partial charge in [0, 0.05) is 18.9 Å². The van der Waals surface area contributed by atoms with E-state index in [-0.39, 0.29) is 26.6 Å². The standard InChI is InChI=1S/C32H24N6O5S/c1-36-26-18-22(13-14-25(26)35-32(36)41)38-31(40)30-27(37(38)21-8-3-2-4-9-21)16-20(34-29-12-5-6-15-33-29)17-28(30)44(42,43)24-11-7-10-23(39)19-24/h2-19,39H,1H3,(H,33,34)(H,35,41). The maximum atomic E-state index is 14.5. The van der Waals surface area contributed by atoms with Crippen molar-refractivity contribution in [1.29, 1.82) is 0 Å². The van der Waals surface area contributed by atoms with Gasteiger partial charge < -0.3 is 15.4 Å². The Bertz CT molecular complexity index is 2440. The number of rotatable bonds is 6. The number of aryl methyl sites for hydroxylation is 1. The molecule has 0 unspecified atom stereocenters. The number of anilines is 2. The smallest absolute Gasteiger partial charge is 0.326 e. The van der Waals surface area contributed by atoms with Crippen LogP contribution in [0.15, 0.2) is 129 Å². The van der Waals surface area contributed by atoms with Gasteiger partial charge in [-0.05, 0) is 72.8 Å². The van der Waals surface area contributed by atoms with Crippen molar-refractivity contribution in [1.82, 2.24) is 23.9 Å². The highest BCUT2D eigenvalue weighted by Gasteiger charge is 2.28. The van der Waals surface area contributed by atoms with Crippen LogP contribution in [0.5, 0.6) is 5.75 Å². The molecule has 0 aliphatic rings. The Morgan fingerprint density at radius 1 is 0.795 bits per heavy atom. The molecule has 3 heterocycles. The molecule has 218 valence electrons. The first kappa shape index (κ1) is 27.0. The summed E-state index contributed by atoms with van der Waals surface area (Å²) in [6.45, 7) is 0. The van der Waals surface area contributed by atoms with Crippen molar-refractivity contribution >= 4 is 43.3 Å². The summed E-state index contributed by atoms with van der Waals surface area (Å²) in [7, 11) is -2.71. The van der Waals surface area contributed by atoms with E-state index in [9.17, 15) is 23.1 Å². The number of aromatic amines is 1. The first-order valence-electron chi connectivity index (χ1n) is 13.5. The molecule has 0 aliphatic heterocycles. The molecule has 0 saturated heterocycles. The van der Waals surface area contributed by atoms with Crippen LogP contribution in [0.1, 0.15) is 0 Å². The number of fused-ring (bicyclic) bond motifs is 2. The lowest BCUT2D eigenvalue weighted by Crippen LogP contribution is -2.21. The summed E-state index contributed by atoms with van der Waals surface area (Å²) in [5.41, 5.74) is 1.95. The molecule has 12 heteroatoms. The van der Waals surface area contributed by atoms with Crippen molar-refractivity contribution in [3.63, 3.8) is 0 Å². The van der Waals surface area contributed by atoms with Gasteiger partial charge in [-0.3, -0.25) is 9.36 Å². The Kier molecular flexibility index (Phi) is 6.22. The van der Waals surface area contributed by atoms with Gasteiger partial charge >= 0.3 is 5.69 Å². The van der Waals surface area contributed by atoms with Crippen molar-refractivity contribution in [2.45, 2.75) is 9.79 Å². The van der Waals surface area contributed by atoms with Gasteiger partial charge in [-0.25, -0.2) is 27.6 Å². The Morgan fingerprint density at radius 2 is 1.59 bits per heavy atom. The van der Waals surface area contributed by atoms with E-state index in [1.165, 1.54) is 33.5 Å². The number of H-pyrrole nitrogens is 1. The Balaban J connectivity index is 1.61. The molecule has 0 bridgehead atoms. The average molecular weight is 605 g/mol. The molecule has 7 aromatic rings. The van der Waals surface area contributed by atoms with Gasteiger partial charge in [-0.15, -0.1) is 0 Å².